The van der Waals surface area contributed by atoms with E-state index in [1.165, 1.54) is 18.3 Å². The summed E-state index contributed by atoms with van der Waals surface area (Å²) in [6.07, 6.45) is -4.39. The predicted octanol–water partition coefficient (Wildman–Crippen LogP) is 5.17. The van der Waals surface area contributed by atoms with Crippen molar-refractivity contribution in [3.8, 4) is 0 Å². The molecular weight excluding hydrogens is 511 g/mol. The number of aryl methyl sites for hydroxylation is 1. The molecule has 4 aromatic rings. The largest absolute Gasteiger partial charge is 0.390 e. The van der Waals surface area contributed by atoms with E-state index < -0.39 is 35.3 Å². The maximum atomic E-state index is 13.2. The molecule has 39 heavy (non-hydrogen) atoms. The molecule has 0 N–H and O–H groups in total. The third kappa shape index (κ3) is 5.49. The first-order chi connectivity index (χ1) is 18.7. The number of hydrogen-bond acceptors (Lipinski definition) is 6. The fraction of sp³-hybridized carbons (Fsp3) is 0.286. The van der Waals surface area contributed by atoms with Crippen LogP contribution in [0.2, 0.25) is 0 Å². The number of alkyl halides is 3. The Morgan fingerprint density at radius 1 is 0.897 bits per heavy atom. The van der Waals surface area contributed by atoms with Gasteiger partial charge in [-0.3, -0.25) is 24.8 Å². The lowest BCUT2D eigenvalue weighted by Crippen LogP contribution is -2.48. The number of benzene rings is 2. The molecule has 2 aromatic carbocycles. The molecular formula is C28H26F3N5O3. The molecule has 0 spiro atoms. The highest BCUT2D eigenvalue weighted by Gasteiger charge is 2.35. The number of pyridine rings is 2. The van der Waals surface area contributed by atoms with Crippen molar-refractivity contribution < 1.29 is 18.1 Å². The maximum Gasteiger partial charge on any atom is 0.390 e. The van der Waals surface area contributed by atoms with Crippen LogP contribution < -0.4 is 10.5 Å². The lowest BCUT2D eigenvalue weighted by Gasteiger charge is -2.40. The highest BCUT2D eigenvalue weighted by molar-refractivity contribution is 5.93. The number of aromatic nitrogens is 2. The van der Waals surface area contributed by atoms with Gasteiger partial charge in [-0.15, -0.1) is 0 Å². The topological polar surface area (TPSA) is 84.5 Å². The first-order valence-corrected chi connectivity index (χ1v) is 12.6. The second kappa shape index (κ2) is 10.9. The molecule has 1 aliphatic heterocycles. The van der Waals surface area contributed by atoms with Crippen molar-refractivity contribution in [1.82, 2.24) is 14.5 Å². The minimum atomic E-state index is -4.52. The fourth-order valence-corrected chi connectivity index (χ4v) is 5.26. The van der Waals surface area contributed by atoms with Crippen LogP contribution in [0.25, 0.3) is 11.0 Å². The number of nitro groups is 1. The number of anilines is 1. The van der Waals surface area contributed by atoms with Crippen LogP contribution in [0.4, 0.5) is 24.5 Å². The number of fused-ring (bicyclic) bond motifs is 1. The Morgan fingerprint density at radius 2 is 1.49 bits per heavy atom. The second-order valence-corrected chi connectivity index (χ2v) is 9.39. The zero-order valence-corrected chi connectivity index (χ0v) is 20.9. The Bertz CT molecular complexity index is 1480. The molecule has 0 unspecified atom stereocenters. The SMILES string of the molecule is O=c1c([N+](=O)[O-])c(N2CCN(C(c3ccccc3)c3ccccc3)CC2)c2ncccc2n1CCC(F)(F)F. The monoisotopic (exact) mass is 537 g/mol. The summed E-state index contributed by atoms with van der Waals surface area (Å²) in [6, 6.07) is 23.0. The van der Waals surface area contributed by atoms with E-state index in [-0.39, 0.29) is 22.8 Å². The highest BCUT2D eigenvalue weighted by Crippen LogP contribution is 2.35. The minimum Gasteiger partial charge on any atom is -0.361 e. The quantitative estimate of drug-likeness (QED) is 0.239. The number of nitrogens with zero attached hydrogens (tertiary/aromatic N) is 5. The zero-order chi connectivity index (χ0) is 27.6. The average molecular weight is 538 g/mol. The van der Waals surface area contributed by atoms with E-state index in [9.17, 15) is 28.1 Å². The molecule has 1 aliphatic rings. The van der Waals surface area contributed by atoms with Crippen molar-refractivity contribution in [2.75, 3.05) is 31.1 Å². The second-order valence-electron chi connectivity index (χ2n) is 9.39. The normalized spacial score (nSPS) is 14.7. The molecule has 2 aromatic heterocycles. The third-order valence-electron chi connectivity index (χ3n) is 7.00. The molecule has 0 aliphatic carbocycles. The van der Waals surface area contributed by atoms with Gasteiger partial charge in [0, 0.05) is 38.9 Å². The van der Waals surface area contributed by atoms with E-state index in [2.05, 4.69) is 34.1 Å². The molecule has 8 nitrogen and oxygen atoms in total. The Labute approximate surface area is 222 Å². The van der Waals surface area contributed by atoms with Gasteiger partial charge >= 0.3 is 17.4 Å². The van der Waals surface area contributed by atoms with Crippen molar-refractivity contribution in [3.63, 3.8) is 0 Å². The molecule has 5 rings (SSSR count). The summed E-state index contributed by atoms with van der Waals surface area (Å²) in [5, 5.41) is 12.1. The van der Waals surface area contributed by atoms with Gasteiger partial charge in [0.25, 0.3) is 0 Å². The van der Waals surface area contributed by atoms with Gasteiger partial charge in [0.05, 0.1) is 22.9 Å². The summed E-state index contributed by atoms with van der Waals surface area (Å²) in [5.74, 6) is 0. The van der Waals surface area contributed by atoms with Crippen molar-refractivity contribution >= 4 is 22.4 Å². The van der Waals surface area contributed by atoms with Crippen LogP contribution in [0.15, 0.2) is 83.8 Å². The highest BCUT2D eigenvalue weighted by atomic mass is 19.4. The van der Waals surface area contributed by atoms with Crippen molar-refractivity contribution in [3.05, 3.63) is 111 Å². The van der Waals surface area contributed by atoms with Gasteiger partial charge in [-0.05, 0) is 23.3 Å². The number of rotatable bonds is 7. The average Bonchev–Trinajstić information content (AvgIpc) is 2.93. The fourth-order valence-electron chi connectivity index (χ4n) is 5.26. The predicted molar refractivity (Wildman–Crippen MR) is 142 cm³/mol. The van der Waals surface area contributed by atoms with E-state index >= 15 is 0 Å². The molecule has 0 atom stereocenters. The van der Waals surface area contributed by atoms with E-state index in [0.29, 0.717) is 26.2 Å². The Kier molecular flexibility index (Phi) is 7.34. The van der Waals surface area contributed by atoms with Gasteiger partial charge < -0.3 is 9.47 Å². The first-order valence-electron chi connectivity index (χ1n) is 12.6. The first kappa shape index (κ1) is 26.4. The van der Waals surface area contributed by atoms with E-state index in [1.54, 1.807) is 4.90 Å². The van der Waals surface area contributed by atoms with E-state index in [1.807, 2.05) is 36.4 Å². The van der Waals surface area contributed by atoms with Crippen LogP contribution in [-0.4, -0.2) is 51.7 Å². The molecule has 0 saturated carbocycles. The summed E-state index contributed by atoms with van der Waals surface area (Å²) in [4.78, 5) is 32.9. The van der Waals surface area contributed by atoms with E-state index in [4.69, 9.17) is 0 Å². The minimum absolute atomic E-state index is 0.0326. The van der Waals surface area contributed by atoms with Crippen LogP contribution >= 0.6 is 0 Å². The molecule has 0 bridgehead atoms. The van der Waals surface area contributed by atoms with Crippen molar-refractivity contribution in [2.45, 2.75) is 25.2 Å². The molecule has 1 fully saturated rings. The molecule has 202 valence electrons. The third-order valence-corrected chi connectivity index (χ3v) is 7.00. The van der Waals surface area contributed by atoms with Crippen LogP contribution in [-0.2, 0) is 6.54 Å². The standard InChI is InChI=1S/C28H26F3N5O3/c29-28(30,31)13-15-35-22-12-7-14-32-23(22)25(26(27(35)37)36(38)39)34-18-16-33(17-19-34)24(20-8-3-1-4-9-20)21-10-5-2-6-11-21/h1-12,14,24H,13,15-19H2. The van der Waals surface area contributed by atoms with Gasteiger partial charge in [0.1, 0.15) is 11.2 Å². The molecule has 1 saturated heterocycles. The summed E-state index contributed by atoms with van der Waals surface area (Å²) < 4.78 is 39.7. The van der Waals surface area contributed by atoms with Crippen molar-refractivity contribution in [1.29, 1.82) is 0 Å². The molecule has 3 heterocycles. The zero-order valence-electron chi connectivity index (χ0n) is 20.9. The van der Waals surface area contributed by atoms with Crippen LogP contribution in [0.5, 0.6) is 0 Å². The van der Waals surface area contributed by atoms with Crippen LogP contribution in [0.3, 0.4) is 0 Å². The summed E-state index contributed by atoms with van der Waals surface area (Å²) >= 11 is 0. The van der Waals surface area contributed by atoms with Gasteiger partial charge in [-0.25, -0.2) is 0 Å². The van der Waals surface area contributed by atoms with Crippen molar-refractivity contribution in [2.24, 2.45) is 0 Å². The van der Waals surface area contributed by atoms with Gasteiger partial charge in [-0.1, -0.05) is 60.7 Å². The number of halogens is 3. The van der Waals surface area contributed by atoms with Gasteiger partial charge in [0.15, 0.2) is 0 Å². The Balaban J connectivity index is 1.51. The van der Waals surface area contributed by atoms with Crippen LogP contribution in [0, 0.1) is 10.1 Å². The molecule has 0 radical (unpaired) electrons. The number of hydrogen-bond donors (Lipinski definition) is 0. The summed E-state index contributed by atoms with van der Waals surface area (Å²) in [6.45, 7) is 1.09. The Morgan fingerprint density at radius 3 is 2.03 bits per heavy atom. The summed E-state index contributed by atoms with van der Waals surface area (Å²) in [7, 11) is 0. The molecule has 0 amide bonds. The van der Waals surface area contributed by atoms with E-state index in [0.717, 1.165) is 15.7 Å². The smallest absolute Gasteiger partial charge is 0.361 e. The summed E-state index contributed by atoms with van der Waals surface area (Å²) in [5.41, 5.74) is 0.751. The lowest BCUT2D eigenvalue weighted by molar-refractivity contribution is -0.385. The van der Waals surface area contributed by atoms with Crippen LogP contribution in [0.1, 0.15) is 23.6 Å². The van der Waals surface area contributed by atoms with Gasteiger partial charge in [-0.2, -0.15) is 13.2 Å². The Hall–Kier alpha value is -4.25. The molecule has 11 heteroatoms. The maximum absolute atomic E-state index is 13.2. The van der Waals surface area contributed by atoms with Gasteiger partial charge in [0.2, 0.25) is 0 Å². The number of piperazine rings is 1. The lowest BCUT2D eigenvalue weighted by atomic mass is 9.96.